The number of nitrogens with one attached hydrogen (secondary N) is 2. The fraction of sp³-hybridized carbons (Fsp3) is 0.273. The Bertz CT molecular complexity index is 1320. The number of benzene rings is 1. The van der Waals surface area contributed by atoms with Gasteiger partial charge in [0.1, 0.15) is 12.1 Å². The lowest BCUT2D eigenvalue weighted by atomic mass is 10.2. The molecule has 1 aromatic carbocycles. The van der Waals surface area contributed by atoms with Gasteiger partial charge in [-0.3, -0.25) is 14.6 Å². The second-order valence-electron chi connectivity index (χ2n) is 7.99. The number of amides is 1. The molecule has 1 aliphatic carbocycles. The fourth-order valence-corrected chi connectivity index (χ4v) is 4.03. The molecule has 2 aliphatic rings. The maximum atomic E-state index is 12.8. The molecular formula is C22H21N7O2. The maximum absolute atomic E-state index is 12.8. The topological polar surface area (TPSA) is 98.9 Å². The molecule has 0 saturated heterocycles. The van der Waals surface area contributed by atoms with E-state index in [2.05, 4.69) is 25.7 Å². The van der Waals surface area contributed by atoms with Crippen LogP contribution in [0, 0.1) is 6.92 Å². The van der Waals surface area contributed by atoms with E-state index in [9.17, 15) is 4.79 Å². The highest BCUT2D eigenvalue weighted by molar-refractivity contribution is 5.98. The number of fused-ring (bicyclic) bond motifs is 2. The number of rotatable bonds is 4. The zero-order chi connectivity index (χ0) is 20.9. The molecular weight excluding hydrogens is 394 g/mol. The van der Waals surface area contributed by atoms with Crippen molar-refractivity contribution in [3.8, 4) is 11.6 Å². The van der Waals surface area contributed by atoms with Crippen LogP contribution < -0.4 is 15.4 Å². The standard InChI is InChI=1S/C22H21N7O2/c1-13-8-20(27-29(13)15-2-3-15)26-22(30)28-7-6-14-9-16(4-5-19(14)28)31-21-17-10-23-11-18(17)24-12-25-21/h4-9,12,15,23H,2-3,10-11H2,1H3,(H,26,27,30). The summed E-state index contributed by atoms with van der Waals surface area (Å²) in [5, 5.41) is 11.6. The number of ether oxygens (including phenoxy) is 1. The van der Waals surface area contributed by atoms with Gasteiger partial charge in [-0.25, -0.2) is 14.8 Å². The van der Waals surface area contributed by atoms with Gasteiger partial charge < -0.3 is 10.1 Å². The summed E-state index contributed by atoms with van der Waals surface area (Å²) in [6, 6.07) is 9.65. The van der Waals surface area contributed by atoms with E-state index < -0.39 is 0 Å². The smallest absolute Gasteiger partial charge is 0.331 e. The van der Waals surface area contributed by atoms with Gasteiger partial charge in [0, 0.05) is 36.4 Å². The number of hydrogen-bond acceptors (Lipinski definition) is 6. The van der Waals surface area contributed by atoms with Crippen molar-refractivity contribution < 1.29 is 9.53 Å². The van der Waals surface area contributed by atoms with Crippen molar-refractivity contribution in [2.45, 2.75) is 38.9 Å². The van der Waals surface area contributed by atoms with Gasteiger partial charge in [-0.2, -0.15) is 5.10 Å². The normalized spacial score (nSPS) is 15.3. The van der Waals surface area contributed by atoms with Crippen LogP contribution in [0.4, 0.5) is 10.6 Å². The van der Waals surface area contributed by atoms with Crippen molar-refractivity contribution in [2.24, 2.45) is 0 Å². The first-order valence-electron chi connectivity index (χ1n) is 10.4. The SMILES string of the molecule is Cc1cc(NC(=O)n2ccc3cc(Oc4ncnc5c4CNC5)ccc32)nn1C1CC1. The first-order chi connectivity index (χ1) is 15.2. The number of aromatic nitrogens is 5. The average Bonchev–Trinajstić information content (AvgIpc) is 3.17. The lowest BCUT2D eigenvalue weighted by Crippen LogP contribution is -2.18. The second-order valence-corrected chi connectivity index (χ2v) is 7.99. The predicted octanol–water partition coefficient (Wildman–Crippen LogP) is 3.75. The van der Waals surface area contributed by atoms with E-state index in [0.717, 1.165) is 47.2 Å². The summed E-state index contributed by atoms with van der Waals surface area (Å²) in [6.45, 7) is 3.43. The van der Waals surface area contributed by atoms with Crippen LogP contribution in [-0.4, -0.2) is 30.3 Å². The minimum absolute atomic E-state index is 0.246. The summed E-state index contributed by atoms with van der Waals surface area (Å²) in [4.78, 5) is 21.4. The Kier molecular flexibility index (Phi) is 4.03. The summed E-state index contributed by atoms with van der Waals surface area (Å²) in [5.41, 5.74) is 3.80. The molecule has 2 N–H and O–H groups in total. The molecule has 6 rings (SSSR count). The van der Waals surface area contributed by atoms with Crippen LogP contribution in [-0.2, 0) is 13.1 Å². The van der Waals surface area contributed by atoms with Gasteiger partial charge >= 0.3 is 6.03 Å². The summed E-state index contributed by atoms with van der Waals surface area (Å²) in [7, 11) is 0. The van der Waals surface area contributed by atoms with Crippen LogP contribution >= 0.6 is 0 Å². The lowest BCUT2D eigenvalue weighted by Gasteiger charge is -2.09. The van der Waals surface area contributed by atoms with E-state index in [4.69, 9.17) is 4.74 Å². The first-order valence-corrected chi connectivity index (χ1v) is 10.4. The highest BCUT2D eigenvalue weighted by atomic mass is 16.5. The zero-order valence-corrected chi connectivity index (χ0v) is 17.0. The summed E-state index contributed by atoms with van der Waals surface area (Å²) >= 11 is 0. The van der Waals surface area contributed by atoms with Crippen molar-refractivity contribution >= 4 is 22.8 Å². The van der Waals surface area contributed by atoms with Gasteiger partial charge in [-0.05, 0) is 44.0 Å². The van der Waals surface area contributed by atoms with Crippen LogP contribution in [0.5, 0.6) is 11.6 Å². The zero-order valence-electron chi connectivity index (χ0n) is 17.0. The van der Waals surface area contributed by atoms with Gasteiger partial charge in [0.05, 0.1) is 22.8 Å². The largest absolute Gasteiger partial charge is 0.439 e. The maximum Gasteiger partial charge on any atom is 0.331 e. The molecule has 0 spiro atoms. The molecule has 0 bridgehead atoms. The van der Waals surface area contributed by atoms with Crippen LogP contribution in [0.1, 0.15) is 35.8 Å². The lowest BCUT2D eigenvalue weighted by molar-refractivity contribution is 0.254. The Labute approximate surface area is 178 Å². The molecule has 9 nitrogen and oxygen atoms in total. The van der Waals surface area contributed by atoms with Gasteiger partial charge in [-0.1, -0.05) is 0 Å². The molecule has 1 aliphatic heterocycles. The highest BCUT2D eigenvalue weighted by Crippen LogP contribution is 2.36. The Morgan fingerprint density at radius 1 is 1.19 bits per heavy atom. The monoisotopic (exact) mass is 415 g/mol. The van der Waals surface area contributed by atoms with Gasteiger partial charge in [0.25, 0.3) is 0 Å². The molecule has 156 valence electrons. The molecule has 3 aromatic heterocycles. The second kappa shape index (κ2) is 6.92. The molecule has 9 heteroatoms. The summed E-state index contributed by atoms with van der Waals surface area (Å²) in [6.07, 6.45) is 5.57. The molecule has 1 fully saturated rings. The van der Waals surface area contributed by atoms with Crippen molar-refractivity contribution in [3.05, 3.63) is 59.8 Å². The average molecular weight is 415 g/mol. The number of hydrogen-bond donors (Lipinski definition) is 2. The Morgan fingerprint density at radius 3 is 2.97 bits per heavy atom. The summed E-state index contributed by atoms with van der Waals surface area (Å²) < 4.78 is 9.60. The molecule has 1 amide bonds. The molecule has 0 atom stereocenters. The minimum Gasteiger partial charge on any atom is -0.439 e. The number of nitrogens with zero attached hydrogens (tertiary/aromatic N) is 5. The van der Waals surface area contributed by atoms with E-state index in [1.807, 2.05) is 41.9 Å². The summed E-state index contributed by atoms with van der Waals surface area (Å²) in [5.74, 6) is 1.80. The van der Waals surface area contributed by atoms with Crippen molar-refractivity contribution in [1.82, 2.24) is 29.6 Å². The first kappa shape index (κ1) is 18.1. The van der Waals surface area contributed by atoms with Crippen LogP contribution in [0.15, 0.2) is 42.9 Å². The van der Waals surface area contributed by atoms with E-state index >= 15 is 0 Å². The van der Waals surface area contributed by atoms with Gasteiger partial charge in [0.2, 0.25) is 5.88 Å². The van der Waals surface area contributed by atoms with E-state index in [1.165, 1.54) is 6.33 Å². The third-order valence-electron chi connectivity index (χ3n) is 5.73. The van der Waals surface area contributed by atoms with E-state index in [0.29, 0.717) is 30.0 Å². The van der Waals surface area contributed by atoms with Crippen molar-refractivity contribution in [2.75, 3.05) is 5.32 Å². The molecule has 31 heavy (non-hydrogen) atoms. The van der Waals surface area contributed by atoms with E-state index in [-0.39, 0.29) is 6.03 Å². The van der Waals surface area contributed by atoms with Crippen LogP contribution in [0.25, 0.3) is 10.9 Å². The third-order valence-corrected chi connectivity index (χ3v) is 5.73. The van der Waals surface area contributed by atoms with Gasteiger partial charge in [0.15, 0.2) is 5.82 Å². The van der Waals surface area contributed by atoms with Crippen molar-refractivity contribution in [3.63, 3.8) is 0 Å². The number of carbonyl (C=O) groups is 1. The molecule has 4 heterocycles. The fourth-order valence-electron chi connectivity index (χ4n) is 4.03. The number of anilines is 1. The molecule has 0 unspecified atom stereocenters. The third kappa shape index (κ3) is 3.23. The van der Waals surface area contributed by atoms with Crippen LogP contribution in [0.2, 0.25) is 0 Å². The van der Waals surface area contributed by atoms with Gasteiger partial charge in [-0.15, -0.1) is 0 Å². The Balaban J connectivity index is 1.24. The predicted molar refractivity (Wildman–Crippen MR) is 114 cm³/mol. The van der Waals surface area contributed by atoms with Crippen LogP contribution in [0.3, 0.4) is 0 Å². The number of carbonyl (C=O) groups excluding carboxylic acids is 1. The Hall–Kier alpha value is -3.72. The van der Waals surface area contributed by atoms with Crippen molar-refractivity contribution in [1.29, 1.82) is 0 Å². The quantitative estimate of drug-likeness (QED) is 0.527. The van der Waals surface area contributed by atoms with E-state index in [1.54, 1.807) is 10.8 Å². The number of aryl methyl sites for hydroxylation is 1. The minimum atomic E-state index is -0.246. The molecule has 4 aromatic rings. The highest BCUT2D eigenvalue weighted by Gasteiger charge is 2.26. The Morgan fingerprint density at radius 2 is 2.10 bits per heavy atom. The molecule has 1 saturated carbocycles. The molecule has 0 radical (unpaired) electrons.